The van der Waals surface area contributed by atoms with Gasteiger partial charge in [-0.2, -0.15) is 0 Å². The Bertz CT molecular complexity index is 266. The summed E-state index contributed by atoms with van der Waals surface area (Å²) in [6.07, 6.45) is 4.59. The van der Waals surface area contributed by atoms with Crippen molar-refractivity contribution in [1.82, 2.24) is 9.80 Å². The molecule has 0 aromatic rings. The molecule has 0 radical (unpaired) electrons. The van der Waals surface area contributed by atoms with Crippen LogP contribution in [-0.2, 0) is 4.79 Å². The second kappa shape index (κ2) is 5.36. The number of nitrogens with two attached hydrogens (primary N) is 1. The summed E-state index contributed by atoms with van der Waals surface area (Å²) in [5, 5.41) is 0. The molecular formula is C13H25N3O. The Morgan fingerprint density at radius 1 is 1.18 bits per heavy atom. The molecule has 0 aromatic heterocycles. The Morgan fingerprint density at radius 2 is 1.76 bits per heavy atom. The molecule has 1 saturated heterocycles. The van der Waals surface area contributed by atoms with Crippen molar-refractivity contribution in [2.24, 2.45) is 11.1 Å². The van der Waals surface area contributed by atoms with E-state index in [1.807, 2.05) is 0 Å². The molecular weight excluding hydrogens is 214 g/mol. The largest absolute Gasteiger partial charge is 0.340 e. The SMILES string of the molecule is CC1(C(=O)N2CCN(CCN)CC2)CCCC1. The van der Waals surface area contributed by atoms with Gasteiger partial charge in [0.15, 0.2) is 0 Å². The standard InChI is InChI=1S/C13H25N3O/c1-13(4-2-3-5-13)12(17)16-10-8-15(7-6-14)9-11-16/h2-11,14H2,1H3. The number of carbonyl (C=O) groups is 1. The van der Waals surface area contributed by atoms with E-state index >= 15 is 0 Å². The topological polar surface area (TPSA) is 49.6 Å². The van der Waals surface area contributed by atoms with Gasteiger partial charge in [-0.3, -0.25) is 9.69 Å². The molecule has 2 aliphatic rings. The number of rotatable bonds is 3. The average Bonchev–Trinajstić information content (AvgIpc) is 2.78. The fourth-order valence-corrected chi connectivity index (χ4v) is 3.11. The van der Waals surface area contributed by atoms with Gasteiger partial charge < -0.3 is 10.6 Å². The first-order chi connectivity index (χ1) is 8.15. The number of hydrogen-bond donors (Lipinski definition) is 1. The van der Waals surface area contributed by atoms with Crippen molar-refractivity contribution in [2.45, 2.75) is 32.6 Å². The minimum atomic E-state index is -0.0595. The molecule has 98 valence electrons. The molecule has 0 bridgehead atoms. The summed E-state index contributed by atoms with van der Waals surface area (Å²) in [5.74, 6) is 0.391. The summed E-state index contributed by atoms with van der Waals surface area (Å²) < 4.78 is 0. The van der Waals surface area contributed by atoms with Gasteiger partial charge in [-0.1, -0.05) is 19.8 Å². The van der Waals surface area contributed by atoms with E-state index < -0.39 is 0 Å². The molecule has 2 N–H and O–H groups in total. The zero-order chi connectivity index (χ0) is 12.3. The summed E-state index contributed by atoms with van der Waals surface area (Å²) in [6, 6.07) is 0. The summed E-state index contributed by atoms with van der Waals surface area (Å²) >= 11 is 0. The van der Waals surface area contributed by atoms with Crippen LogP contribution in [0.25, 0.3) is 0 Å². The van der Waals surface area contributed by atoms with E-state index in [-0.39, 0.29) is 5.41 Å². The minimum absolute atomic E-state index is 0.0595. The third-order valence-corrected chi connectivity index (χ3v) is 4.33. The first-order valence-corrected chi connectivity index (χ1v) is 6.87. The second-order valence-corrected chi connectivity index (χ2v) is 5.69. The van der Waals surface area contributed by atoms with Crippen LogP contribution in [0.4, 0.5) is 0 Å². The van der Waals surface area contributed by atoms with Crippen molar-refractivity contribution in [3.63, 3.8) is 0 Å². The first-order valence-electron chi connectivity index (χ1n) is 6.87. The van der Waals surface area contributed by atoms with Crippen molar-refractivity contribution in [3.8, 4) is 0 Å². The highest BCUT2D eigenvalue weighted by Crippen LogP contribution is 2.39. The van der Waals surface area contributed by atoms with Crippen molar-refractivity contribution < 1.29 is 4.79 Å². The molecule has 1 aliphatic heterocycles. The first kappa shape index (κ1) is 12.8. The fraction of sp³-hybridized carbons (Fsp3) is 0.923. The molecule has 4 heteroatoms. The summed E-state index contributed by atoms with van der Waals surface area (Å²) in [4.78, 5) is 16.9. The molecule has 2 rings (SSSR count). The maximum absolute atomic E-state index is 12.5. The van der Waals surface area contributed by atoms with E-state index in [0.29, 0.717) is 12.5 Å². The summed E-state index contributed by atoms with van der Waals surface area (Å²) in [6.45, 7) is 7.56. The predicted molar refractivity (Wildman–Crippen MR) is 68.6 cm³/mol. The zero-order valence-corrected chi connectivity index (χ0v) is 11.0. The number of nitrogens with zero attached hydrogens (tertiary/aromatic N) is 2. The van der Waals surface area contributed by atoms with Crippen LogP contribution in [0.5, 0.6) is 0 Å². The number of hydrogen-bond acceptors (Lipinski definition) is 3. The molecule has 1 aliphatic carbocycles. The fourth-order valence-electron chi connectivity index (χ4n) is 3.11. The van der Waals surface area contributed by atoms with E-state index in [2.05, 4.69) is 16.7 Å². The smallest absolute Gasteiger partial charge is 0.228 e. The van der Waals surface area contributed by atoms with Crippen LogP contribution < -0.4 is 5.73 Å². The summed E-state index contributed by atoms with van der Waals surface area (Å²) in [5.41, 5.74) is 5.49. The lowest BCUT2D eigenvalue weighted by atomic mass is 9.87. The Hall–Kier alpha value is -0.610. The number of amides is 1. The van der Waals surface area contributed by atoms with Crippen LogP contribution in [0.3, 0.4) is 0 Å². The van der Waals surface area contributed by atoms with Gasteiger partial charge in [-0.15, -0.1) is 0 Å². The van der Waals surface area contributed by atoms with Crippen molar-refractivity contribution >= 4 is 5.91 Å². The number of piperazine rings is 1. The quantitative estimate of drug-likeness (QED) is 0.787. The third-order valence-electron chi connectivity index (χ3n) is 4.33. The van der Waals surface area contributed by atoms with Gasteiger partial charge in [0.05, 0.1) is 0 Å². The number of carbonyl (C=O) groups excluding carboxylic acids is 1. The normalized spacial score (nSPS) is 25.2. The Morgan fingerprint density at radius 3 is 2.29 bits per heavy atom. The molecule has 0 spiro atoms. The third kappa shape index (κ3) is 2.80. The van der Waals surface area contributed by atoms with Crippen molar-refractivity contribution in [3.05, 3.63) is 0 Å². The molecule has 1 saturated carbocycles. The highest BCUT2D eigenvalue weighted by Gasteiger charge is 2.39. The molecule has 0 atom stereocenters. The van der Waals surface area contributed by atoms with Gasteiger partial charge in [0, 0.05) is 44.7 Å². The lowest BCUT2D eigenvalue weighted by Crippen LogP contribution is -2.52. The molecule has 0 aromatic carbocycles. The maximum Gasteiger partial charge on any atom is 0.228 e. The highest BCUT2D eigenvalue weighted by atomic mass is 16.2. The van der Waals surface area contributed by atoms with E-state index in [1.54, 1.807) is 0 Å². The van der Waals surface area contributed by atoms with Crippen LogP contribution in [0.2, 0.25) is 0 Å². The van der Waals surface area contributed by atoms with Gasteiger partial charge in [0.25, 0.3) is 0 Å². The Balaban J connectivity index is 1.86. The maximum atomic E-state index is 12.5. The average molecular weight is 239 g/mol. The van der Waals surface area contributed by atoms with Crippen LogP contribution in [-0.4, -0.2) is 55.0 Å². The molecule has 1 amide bonds. The van der Waals surface area contributed by atoms with Gasteiger partial charge >= 0.3 is 0 Å². The van der Waals surface area contributed by atoms with Gasteiger partial charge in [0.2, 0.25) is 5.91 Å². The van der Waals surface area contributed by atoms with Crippen LogP contribution in [0.1, 0.15) is 32.6 Å². The minimum Gasteiger partial charge on any atom is -0.340 e. The van der Waals surface area contributed by atoms with E-state index in [1.165, 1.54) is 12.8 Å². The predicted octanol–water partition coefficient (Wildman–Crippen LogP) is 0.670. The Labute approximate surface area is 104 Å². The monoisotopic (exact) mass is 239 g/mol. The molecule has 4 nitrogen and oxygen atoms in total. The van der Waals surface area contributed by atoms with Crippen LogP contribution in [0, 0.1) is 5.41 Å². The van der Waals surface area contributed by atoms with Crippen LogP contribution in [0.15, 0.2) is 0 Å². The van der Waals surface area contributed by atoms with Gasteiger partial charge in [-0.05, 0) is 12.8 Å². The molecule has 0 unspecified atom stereocenters. The molecule has 17 heavy (non-hydrogen) atoms. The lowest BCUT2D eigenvalue weighted by molar-refractivity contribution is -0.142. The molecule has 1 heterocycles. The van der Waals surface area contributed by atoms with Gasteiger partial charge in [-0.25, -0.2) is 0 Å². The van der Waals surface area contributed by atoms with Crippen LogP contribution >= 0.6 is 0 Å². The van der Waals surface area contributed by atoms with E-state index in [0.717, 1.165) is 45.6 Å². The second-order valence-electron chi connectivity index (χ2n) is 5.69. The van der Waals surface area contributed by atoms with E-state index in [4.69, 9.17) is 5.73 Å². The zero-order valence-electron chi connectivity index (χ0n) is 11.0. The Kier molecular flexibility index (Phi) is 4.05. The summed E-state index contributed by atoms with van der Waals surface area (Å²) in [7, 11) is 0. The van der Waals surface area contributed by atoms with E-state index in [9.17, 15) is 4.79 Å². The van der Waals surface area contributed by atoms with Gasteiger partial charge in [0.1, 0.15) is 0 Å². The molecule has 2 fully saturated rings. The van der Waals surface area contributed by atoms with Crippen molar-refractivity contribution in [2.75, 3.05) is 39.3 Å². The van der Waals surface area contributed by atoms with Crippen molar-refractivity contribution in [1.29, 1.82) is 0 Å². The lowest BCUT2D eigenvalue weighted by Gasteiger charge is -2.38. The highest BCUT2D eigenvalue weighted by molar-refractivity contribution is 5.82.